The number of hydrogen-bond donors (Lipinski definition) is 0. The molecule has 3 nitrogen and oxygen atoms in total. The summed E-state index contributed by atoms with van der Waals surface area (Å²) >= 11 is 6.04. The van der Waals surface area contributed by atoms with Crippen LogP contribution in [0.4, 0.5) is 0 Å². The zero-order valence-corrected chi connectivity index (χ0v) is 12.4. The van der Waals surface area contributed by atoms with Gasteiger partial charge in [0, 0.05) is 18.4 Å². The molecule has 0 aliphatic carbocycles. The van der Waals surface area contributed by atoms with Crippen LogP contribution in [0.2, 0.25) is 5.02 Å². The highest BCUT2D eigenvalue weighted by atomic mass is 35.5. The van der Waals surface area contributed by atoms with Gasteiger partial charge in [0.1, 0.15) is 0 Å². The maximum atomic E-state index is 11.9. The molecule has 1 atom stereocenters. The van der Waals surface area contributed by atoms with E-state index in [1.54, 1.807) is 11.9 Å². The van der Waals surface area contributed by atoms with E-state index in [0.717, 1.165) is 16.8 Å². The molecule has 1 amide bonds. The number of hydrogen-bond acceptors (Lipinski definition) is 2. The van der Waals surface area contributed by atoms with Crippen LogP contribution in [0.15, 0.2) is 59.7 Å². The third-order valence-corrected chi connectivity index (χ3v) is 3.81. The van der Waals surface area contributed by atoms with Gasteiger partial charge in [0.05, 0.1) is 11.8 Å². The lowest BCUT2D eigenvalue weighted by Crippen LogP contribution is -2.24. The highest BCUT2D eigenvalue weighted by molar-refractivity contribution is 6.31. The highest BCUT2D eigenvalue weighted by Crippen LogP contribution is 2.32. The van der Waals surface area contributed by atoms with Gasteiger partial charge in [0.2, 0.25) is 5.91 Å². The Labute approximate surface area is 128 Å². The molecule has 0 spiro atoms. The molecule has 0 N–H and O–H groups in total. The summed E-state index contributed by atoms with van der Waals surface area (Å²) in [4.78, 5) is 11.9. The fraction of sp³-hybridized carbons (Fsp3) is 0.176. The molecule has 106 valence electrons. The summed E-state index contributed by atoms with van der Waals surface area (Å²) in [6.45, 7) is 1.54. The molecule has 2 aromatic rings. The number of carbonyl (C=O) groups excluding carboxylic acids is 1. The lowest BCUT2D eigenvalue weighted by molar-refractivity contribution is -0.130. The third kappa shape index (κ3) is 2.83. The number of rotatable bonds is 2. The molecule has 0 aromatic heterocycles. The zero-order valence-electron chi connectivity index (χ0n) is 11.7. The van der Waals surface area contributed by atoms with E-state index in [4.69, 9.17) is 11.6 Å². The summed E-state index contributed by atoms with van der Waals surface area (Å²) < 4.78 is 0. The number of halogens is 1. The molecule has 0 saturated carbocycles. The molecule has 0 radical (unpaired) electrons. The first kappa shape index (κ1) is 13.8. The first-order valence-electron chi connectivity index (χ1n) is 6.83. The van der Waals surface area contributed by atoms with Crippen molar-refractivity contribution in [3.8, 4) is 0 Å². The highest BCUT2D eigenvalue weighted by Gasteiger charge is 2.31. The summed E-state index contributed by atoms with van der Waals surface area (Å²) in [5.41, 5.74) is 2.95. The molecule has 21 heavy (non-hydrogen) atoms. The maximum Gasteiger partial charge on any atom is 0.240 e. The Morgan fingerprint density at radius 3 is 2.62 bits per heavy atom. The van der Waals surface area contributed by atoms with Crippen LogP contribution >= 0.6 is 11.6 Å². The molecule has 3 rings (SSSR count). The standard InChI is InChI=1S/C17H15ClN2O/c1-12(21)20-17(13-6-3-2-4-7-13)11-16(19-20)14-8-5-9-15(18)10-14/h2-10,17H,11H2,1H3/t17-/m1/s1. The number of hydrazone groups is 1. The number of benzene rings is 2. The fourth-order valence-corrected chi connectivity index (χ4v) is 2.77. The predicted octanol–water partition coefficient (Wildman–Crippen LogP) is 4.04. The van der Waals surface area contributed by atoms with Crippen molar-refractivity contribution in [3.05, 3.63) is 70.7 Å². The first-order chi connectivity index (χ1) is 10.1. The quantitative estimate of drug-likeness (QED) is 0.823. The van der Waals surface area contributed by atoms with Crippen molar-refractivity contribution in [1.82, 2.24) is 5.01 Å². The summed E-state index contributed by atoms with van der Waals surface area (Å²) in [6, 6.07) is 17.5. The van der Waals surface area contributed by atoms with Crippen LogP contribution in [-0.2, 0) is 4.79 Å². The molecular weight excluding hydrogens is 284 g/mol. The van der Waals surface area contributed by atoms with E-state index in [0.29, 0.717) is 11.4 Å². The Bertz CT molecular complexity index is 697. The summed E-state index contributed by atoms with van der Waals surface area (Å²) in [6.07, 6.45) is 0.698. The minimum absolute atomic E-state index is 0.0438. The van der Waals surface area contributed by atoms with Gasteiger partial charge in [0.25, 0.3) is 0 Å². The Kier molecular flexibility index (Phi) is 3.76. The van der Waals surface area contributed by atoms with Crippen LogP contribution in [-0.4, -0.2) is 16.6 Å². The van der Waals surface area contributed by atoms with Crippen LogP contribution in [0.25, 0.3) is 0 Å². The molecule has 1 aliphatic rings. The van der Waals surface area contributed by atoms with E-state index in [2.05, 4.69) is 5.10 Å². The molecule has 0 unspecified atom stereocenters. The smallest absolute Gasteiger partial charge is 0.240 e. The average Bonchev–Trinajstić information content (AvgIpc) is 2.93. The fourth-order valence-electron chi connectivity index (χ4n) is 2.58. The number of nitrogens with zero attached hydrogens (tertiary/aromatic N) is 2. The molecule has 0 saturated heterocycles. The van der Waals surface area contributed by atoms with E-state index in [9.17, 15) is 4.79 Å². The Balaban J connectivity index is 1.95. The summed E-state index contributed by atoms with van der Waals surface area (Å²) in [5, 5.41) is 6.73. The lowest BCUT2D eigenvalue weighted by Gasteiger charge is -2.20. The first-order valence-corrected chi connectivity index (χ1v) is 7.21. The largest absolute Gasteiger partial charge is 0.273 e. The van der Waals surface area contributed by atoms with Crippen molar-refractivity contribution in [1.29, 1.82) is 0 Å². The van der Waals surface area contributed by atoms with Gasteiger partial charge in [0.15, 0.2) is 0 Å². The van der Waals surface area contributed by atoms with Crippen molar-refractivity contribution in [3.63, 3.8) is 0 Å². The van der Waals surface area contributed by atoms with E-state index >= 15 is 0 Å². The van der Waals surface area contributed by atoms with Crippen LogP contribution in [0.5, 0.6) is 0 Å². The van der Waals surface area contributed by atoms with Gasteiger partial charge < -0.3 is 0 Å². The molecule has 1 aliphatic heterocycles. The molecular formula is C17H15ClN2O. The molecule has 4 heteroatoms. The lowest BCUT2D eigenvalue weighted by atomic mass is 9.98. The zero-order chi connectivity index (χ0) is 14.8. The third-order valence-electron chi connectivity index (χ3n) is 3.58. The van der Waals surface area contributed by atoms with Gasteiger partial charge in [-0.3, -0.25) is 4.79 Å². The van der Waals surface area contributed by atoms with Crippen molar-refractivity contribution < 1.29 is 4.79 Å². The average molecular weight is 299 g/mol. The van der Waals surface area contributed by atoms with Crippen molar-refractivity contribution in [2.45, 2.75) is 19.4 Å². The molecule has 0 fully saturated rings. The van der Waals surface area contributed by atoms with E-state index < -0.39 is 0 Å². The van der Waals surface area contributed by atoms with Crippen molar-refractivity contribution in [2.24, 2.45) is 5.10 Å². The van der Waals surface area contributed by atoms with Gasteiger partial charge >= 0.3 is 0 Å². The van der Waals surface area contributed by atoms with Gasteiger partial charge in [-0.15, -0.1) is 0 Å². The SMILES string of the molecule is CC(=O)N1N=C(c2cccc(Cl)c2)C[C@@H]1c1ccccc1. The van der Waals surface area contributed by atoms with Crippen LogP contribution in [0, 0.1) is 0 Å². The van der Waals surface area contributed by atoms with Gasteiger partial charge in [-0.2, -0.15) is 5.10 Å². The van der Waals surface area contributed by atoms with Crippen LogP contribution < -0.4 is 0 Å². The van der Waals surface area contributed by atoms with Gasteiger partial charge in [-0.05, 0) is 23.3 Å². The van der Waals surface area contributed by atoms with Gasteiger partial charge in [-0.25, -0.2) is 5.01 Å². The van der Waals surface area contributed by atoms with Crippen molar-refractivity contribution >= 4 is 23.2 Å². The monoisotopic (exact) mass is 298 g/mol. The van der Waals surface area contributed by atoms with Crippen molar-refractivity contribution in [2.75, 3.05) is 0 Å². The maximum absolute atomic E-state index is 11.9. The second kappa shape index (κ2) is 5.70. The Morgan fingerprint density at radius 1 is 1.19 bits per heavy atom. The summed E-state index contributed by atoms with van der Waals surface area (Å²) in [5.74, 6) is -0.0547. The van der Waals surface area contributed by atoms with E-state index in [-0.39, 0.29) is 11.9 Å². The van der Waals surface area contributed by atoms with E-state index in [1.165, 1.54) is 0 Å². The van der Waals surface area contributed by atoms with Gasteiger partial charge in [-0.1, -0.05) is 54.1 Å². The Hall–Kier alpha value is -2.13. The number of carbonyl (C=O) groups is 1. The molecule has 2 aromatic carbocycles. The normalized spacial score (nSPS) is 17.7. The molecule has 0 bridgehead atoms. The van der Waals surface area contributed by atoms with Crippen LogP contribution in [0.3, 0.4) is 0 Å². The second-order valence-corrected chi connectivity index (χ2v) is 5.49. The summed E-state index contributed by atoms with van der Waals surface area (Å²) in [7, 11) is 0. The topological polar surface area (TPSA) is 32.7 Å². The Morgan fingerprint density at radius 2 is 1.95 bits per heavy atom. The predicted molar refractivity (Wildman–Crippen MR) is 84.3 cm³/mol. The minimum atomic E-state index is -0.0547. The molecule has 1 heterocycles. The minimum Gasteiger partial charge on any atom is -0.273 e. The van der Waals surface area contributed by atoms with E-state index in [1.807, 2.05) is 54.6 Å². The number of amides is 1. The van der Waals surface area contributed by atoms with Crippen LogP contribution in [0.1, 0.15) is 30.5 Å². The second-order valence-electron chi connectivity index (χ2n) is 5.05.